The molecule has 9 nitrogen and oxygen atoms in total. The van der Waals surface area contributed by atoms with E-state index in [1.165, 1.54) is 49.6 Å². The van der Waals surface area contributed by atoms with Gasteiger partial charge < -0.3 is 30.9 Å². The highest BCUT2D eigenvalue weighted by atomic mass is 32.1. The quantitative estimate of drug-likeness (QED) is 0.281. The Morgan fingerprint density at radius 3 is 2.68 bits per heavy atom. The minimum Gasteiger partial charge on any atom is -0.492 e. The highest BCUT2D eigenvalue weighted by molar-refractivity contribution is 7.15. The van der Waals surface area contributed by atoms with Gasteiger partial charge in [0.25, 0.3) is 11.1 Å². The van der Waals surface area contributed by atoms with E-state index in [2.05, 4.69) is 15.6 Å². The van der Waals surface area contributed by atoms with Crippen molar-refractivity contribution in [1.29, 1.82) is 0 Å². The zero-order valence-electron chi connectivity index (χ0n) is 19.3. The Hall–Kier alpha value is -2.69. The topological polar surface area (TPSA) is 136 Å². The lowest BCUT2D eigenvalue weighted by atomic mass is 10.0. The molecule has 2 aromatic rings. The van der Waals surface area contributed by atoms with Crippen LogP contribution in [0.25, 0.3) is 0 Å². The molecular weight excluding hydrogens is 456 g/mol. The van der Waals surface area contributed by atoms with Crippen molar-refractivity contribution in [2.24, 2.45) is 11.7 Å². The molecule has 2 amide bonds. The van der Waals surface area contributed by atoms with Crippen LogP contribution in [0.1, 0.15) is 58.6 Å². The molecule has 0 bridgehead atoms. The maximum absolute atomic E-state index is 12.3. The van der Waals surface area contributed by atoms with E-state index in [1.54, 1.807) is 24.3 Å². The van der Waals surface area contributed by atoms with Crippen LogP contribution in [0.3, 0.4) is 0 Å². The van der Waals surface area contributed by atoms with Crippen molar-refractivity contribution in [3.8, 4) is 10.9 Å². The van der Waals surface area contributed by atoms with E-state index in [9.17, 15) is 14.7 Å². The number of rotatable bonds is 15. The second kappa shape index (κ2) is 13.9. The van der Waals surface area contributed by atoms with E-state index in [-0.39, 0.29) is 12.5 Å². The van der Waals surface area contributed by atoms with Gasteiger partial charge in [0.1, 0.15) is 29.9 Å². The molecule has 5 N–H and O–H groups in total. The SMILES string of the molecule is NC(=O)c1ccc(OCCNCC(O)COc2ncc(C(=O)NCCCC3CCCC3)s2)cc1. The number of aliphatic hydroxyl groups excluding tert-OH is 1. The van der Waals surface area contributed by atoms with Gasteiger partial charge in [-0.2, -0.15) is 0 Å². The molecule has 1 aromatic heterocycles. The minimum absolute atomic E-state index is 0.0679. The van der Waals surface area contributed by atoms with Gasteiger partial charge in [0.15, 0.2) is 0 Å². The number of carbonyl (C=O) groups is 2. The lowest BCUT2D eigenvalue weighted by Gasteiger charge is -2.12. The van der Waals surface area contributed by atoms with Gasteiger partial charge in [0.05, 0.1) is 6.20 Å². The summed E-state index contributed by atoms with van der Waals surface area (Å²) in [4.78, 5) is 27.9. The van der Waals surface area contributed by atoms with E-state index in [1.807, 2.05) is 0 Å². The molecule has 0 radical (unpaired) electrons. The zero-order chi connectivity index (χ0) is 24.2. The lowest BCUT2D eigenvalue weighted by Crippen LogP contribution is -2.33. The van der Waals surface area contributed by atoms with Crippen molar-refractivity contribution in [3.63, 3.8) is 0 Å². The highest BCUT2D eigenvalue weighted by Gasteiger charge is 2.15. The Balaban J connectivity index is 1.23. The first-order chi connectivity index (χ1) is 16.5. The Morgan fingerprint density at radius 1 is 1.18 bits per heavy atom. The average molecular weight is 491 g/mol. The number of hydrogen-bond acceptors (Lipinski definition) is 8. The summed E-state index contributed by atoms with van der Waals surface area (Å²) in [6.07, 6.45) is 8.30. The number of hydrogen-bond donors (Lipinski definition) is 4. The van der Waals surface area contributed by atoms with Crippen molar-refractivity contribution < 1.29 is 24.2 Å². The zero-order valence-corrected chi connectivity index (χ0v) is 20.1. The second-order valence-electron chi connectivity index (χ2n) is 8.45. The summed E-state index contributed by atoms with van der Waals surface area (Å²) in [7, 11) is 0. The Labute approximate surface area is 204 Å². The van der Waals surface area contributed by atoms with Gasteiger partial charge in [0.2, 0.25) is 5.91 Å². The third-order valence-electron chi connectivity index (χ3n) is 5.72. The number of nitrogens with zero attached hydrogens (tertiary/aromatic N) is 1. The number of benzene rings is 1. The Bertz CT molecular complexity index is 899. The van der Waals surface area contributed by atoms with Crippen LogP contribution in [-0.2, 0) is 0 Å². The number of thiazole rings is 1. The molecule has 1 heterocycles. The summed E-state index contributed by atoms with van der Waals surface area (Å²) in [5.41, 5.74) is 5.63. The fraction of sp³-hybridized carbons (Fsp3) is 0.542. The van der Waals surface area contributed by atoms with Gasteiger partial charge in [0, 0.05) is 25.2 Å². The van der Waals surface area contributed by atoms with Gasteiger partial charge in [-0.15, -0.1) is 0 Å². The number of nitrogens with one attached hydrogen (secondary N) is 2. The number of aliphatic hydroxyl groups is 1. The molecular formula is C24H34N4O5S. The maximum Gasteiger partial charge on any atom is 0.273 e. The van der Waals surface area contributed by atoms with Gasteiger partial charge in [-0.05, 0) is 43.0 Å². The summed E-state index contributed by atoms with van der Waals surface area (Å²) >= 11 is 1.17. The van der Waals surface area contributed by atoms with Crippen LogP contribution in [0.15, 0.2) is 30.5 Å². The monoisotopic (exact) mass is 490 g/mol. The van der Waals surface area contributed by atoms with E-state index in [4.69, 9.17) is 15.2 Å². The van der Waals surface area contributed by atoms with Gasteiger partial charge >= 0.3 is 0 Å². The van der Waals surface area contributed by atoms with Crippen LogP contribution < -0.4 is 25.8 Å². The number of ether oxygens (including phenoxy) is 2. The normalized spacial score (nSPS) is 14.6. The van der Waals surface area contributed by atoms with Crippen LogP contribution in [-0.4, -0.2) is 60.9 Å². The number of nitrogens with two attached hydrogens (primary N) is 1. The number of aromatic nitrogens is 1. The Kier molecular flexibility index (Phi) is 10.6. The maximum atomic E-state index is 12.3. The van der Waals surface area contributed by atoms with E-state index < -0.39 is 12.0 Å². The number of primary amides is 1. The van der Waals surface area contributed by atoms with Crippen LogP contribution in [0.5, 0.6) is 10.9 Å². The molecule has 1 unspecified atom stereocenters. The Morgan fingerprint density at radius 2 is 1.94 bits per heavy atom. The van der Waals surface area contributed by atoms with Crippen molar-refractivity contribution >= 4 is 23.2 Å². The molecule has 1 aliphatic rings. The minimum atomic E-state index is -0.730. The summed E-state index contributed by atoms with van der Waals surface area (Å²) in [6.45, 7) is 1.99. The predicted octanol–water partition coefficient (Wildman–Crippen LogP) is 2.35. The van der Waals surface area contributed by atoms with Gasteiger partial charge in [-0.1, -0.05) is 37.0 Å². The number of carbonyl (C=O) groups excluding carboxylic acids is 2. The third kappa shape index (κ3) is 8.92. The largest absolute Gasteiger partial charge is 0.492 e. The van der Waals surface area contributed by atoms with Crippen LogP contribution in [0.2, 0.25) is 0 Å². The van der Waals surface area contributed by atoms with Crippen molar-refractivity contribution in [2.45, 2.75) is 44.6 Å². The first-order valence-corrected chi connectivity index (χ1v) is 12.6. The summed E-state index contributed by atoms with van der Waals surface area (Å²) in [6, 6.07) is 6.58. The summed E-state index contributed by atoms with van der Waals surface area (Å²) in [5.74, 6) is 0.848. The van der Waals surface area contributed by atoms with Crippen LogP contribution in [0, 0.1) is 5.92 Å². The molecule has 0 aliphatic heterocycles. The van der Waals surface area contributed by atoms with Crippen LogP contribution >= 0.6 is 11.3 Å². The molecule has 1 aliphatic carbocycles. The highest BCUT2D eigenvalue weighted by Crippen LogP contribution is 2.28. The molecule has 1 fully saturated rings. The number of amides is 2. The lowest BCUT2D eigenvalue weighted by molar-refractivity contribution is 0.0954. The van der Waals surface area contributed by atoms with E-state index in [0.717, 1.165) is 12.3 Å². The molecule has 186 valence electrons. The van der Waals surface area contributed by atoms with Gasteiger partial charge in [-0.25, -0.2) is 4.98 Å². The molecule has 3 rings (SSSR count). The molecule has 0 spiro atoms. The summed E-state index contributed by atoms with van der Waals surface area (Å²) < 4.78 is 11.1. The fourth-order valence-corrected chi connectivity index (χ4v) is 4.55. The smallest absolute Gasteiger partial charge is 0.273 e. The first kappa shape index (κ1) is 25.9. The van der Waals surface area contributed by atoms with E-state index >= 15 is 0 Å². The third-order valence-corrected chi connectivity index (χ3v) is 6.63. The van der Waals surface area contributed by atoms with Crippen molar-refractivity contribution in [2.75, 3.05) is 32.8 Å². The average Bonchev–Trinajstić information content (AvgIpc) is 3.53. The van der Waals surface area contributed by atoms with Crippen molar-refractivity contribution in [3.05, 3.63) is 40.9 Å². The second-order valence-corrected chi connectivity index (χ2v) is 9.44. The van der Waals surface area contributed by atoms with Gasteiger partial charge in [-0.3, -0.25) is 9.59 Å². The molecule has 1 atom stereocenters. The first-order valence-electron chi connectivity index (χ1n) is 11.8. The standard InChI is InChI=1S/C24H34N4O5S/c25-22(30)18-7-9-20(10-8-18)32-13-12-26-14-19(29)16-33-24-28-15-21(34-24)23(31)27-11-3-6-17-4-1-2-5-17/h7-10,15,17,19,26,29H,1-6,11-14,16H2,(H2,25,30)(H,27,31). The molecule has 34 heavy (non-hydrogen) atoms. The van der Waals surface area contributed by atoms with Crippen LogP contribution in [0.4, 0.5) is 0 Å². The predicted molar refractivity (Wildman–Crippen MR) is 130 cm³/mol. The fourth-order valence-electron chi connectivity index (χ4n) is 3.86. The molecule has 1 saturated carbocycles. The van der Waals surface area contributed by atoms with E-state index in [0.29, 0.717) is 47.6 Å². The molecule has 0 saturated heterocycles. The molecule has 1 aromatic carbocycles. The summed E-state index contributed by atoms with van der Waals surface area (Å²) in [5, 5.41) is 16.5. The molecule has 10 heteroatoms. The van der Waals surface area contributed by atoms with Crippen molar-refractivity contribution in [1.82, 2.24) is 15.6 Å².